The van der Waals surface area contributed by atoms with Crippen molar-refractivity contribution in [2.24, 2.45) is 0 Å². The number of nitrogens with one attached hydrogen (secondary N) is 2. The van der Waals surface area contributed by atoms with E-state index in [9.17, 15) is 9.59 Å². The van der Waals surface area contributed by atoms with Gasteiger partial charge in [-0.3, -0.25) is 9.59 Å². The second-order valence-corrected chi connectivity index (χ2v) is 6.18. The van der Waals surface area contributed by atoms with Crippen molar-refractivity contribution in [2.75, 3.05) is 11.9 Å². The third kappa shape index (κ3) is 6.15. The third-order valence-corrected chi connectivity index (χ3v) is 3.92. The van der Waals surface area contributed by atoms with Crippen molar-refractivity contribution < 1.29 is 9.59 Å². The van der Waals surface area contributed by atoms with Crippen molar-refractivity contribution in [2.45, 2.75) is 6.42 Å². The number of carbonyl (C=O) groups excluding carboxylic acids is 2. The topological polar surface area (TPSA) is 58.2 Å². The zero-order valence-electron chi connectivity index (χ0n) is 15.3. The largest absolute Gasteiger partial charge is 0.347 e. The van der Waals surface area contributed by atoms with E-state index in [1.165, 1.54) is 0 Å². The molecule has 0 atom stereocenters. The normalized spacial score (nSPS) is 9.71. The Labute approximate surface area is 164 Å². The van der Waals surface area contributed by atoms with Crippen molar-refractivity contribution in [3.8, 4) is 11.8 Å². The fraction of sp³-hybridized carbons (Fsp3) is 0.0833. The third-order valence-electron chi connectivity index (χ3n) is 3.92. The van der Waals surface area contributed by atoms with Crippen molar-refractivity contribution >= 4 is 17.5 Å². The highest BCUT2D eigenvalue weighted by Gasteiger charge is 2.07. The zero-order chi connectivity index (χ0) is 19.6. The van der Waals surface area contributed by atoms with Crippen LogP contribution in [0, 0.1) is 11.8 Å². The van der Waals surface area contributed by atoms with Crippen LogP contribution in [0.5, 0.6) is 0 Å². The van der Waals surface area contributed by atoms with Crippen molar-refractivity contribution in [1.82, 2.24) is 5.32 Å². The second-order valence-electron chi connectivity index (χ2n) is 6.18. The highest BCUT2D eigenvalue weighted by molar-refractivity contribution is 5.94. The minimum Gasteiger partial charge on any atom is -0.347 e. The van der Waals surface area contributed by atoms with Gasteiger partial charge in [-0.15, -0.1) is 0 Å². The molecule has 3 aromatic carbocycles. The Balaban J connectivity index is 1.51. The van der Waals surface area contributed by atoms with E-state index in [1.807, 2.05) is 72.8 Å². The van der Waals surface area contributed by atoms with E-state index in [0.29, 0.717) is 5.69 Å². The molecule has 0 aliphatic heterocycles. The average molecular weight is 368 g/mol. The van der Waals surface area contributed by atoms with Crippen LogP contribution in [0.4, 0.5) is 5.69 Å². The molecule has 0 saturated heterocycles. The van der Waals surface area contributed by atoms with Crippen molar-refractivity contribution in [3.63, 3.8) is 0 Å². The Kier molecular flexibility index (Phi) is 6.59. The van der Waals surface area contributed by atoms with Gasteiger partial charge < -0.3 is 10.6 Å². The molecular weight excluding hydrogens is 348 g/mol. The number of rotatable bonds is 5. The molecule has 3 rings (SSSR count). The molecule has 0 heterocycles. The first-order chi connectivity index (χ1) is 13.7. The summed E-state index contributed by atoms with van der Waals surface area (Å²) in [6.07, 6.45) is 0.249. The van der Waals surface area contributed by atoms with Gasteiger partial charge in [-0.05, 0) is 35.9 Å². The van der Waals surface area contributed by atoms with Crippen LogP contribution in [0.2, 0.25) is 0 Å². The molecule has 0 aliphatic rings. The summed E-state index contributed by atoms with van der Waals surface area (Å²) >= 11 is 0. The van der Waals surface area contributed by atoms with Crippen LogP contribution in [0.15, 0.2) is 84.9 Å². The maximum absolute atomic E-state index is 12.1. The Morgan fingerprint density at radius 1 is 0.714 bits per heavy atom. The van der Waals surface area contributed by atoms with E-state index in [4.69, 9.17) is 0 Å². The van der Waals surface area contributed by atoms with Gasteiger partial charge in [-0.25, -0.2) is 0 Å². The number of benzene rings is 3. The standard InChI is InChI=1S/C24H20N2O2/c27-23(17-20-10-5-2-6-11-20)25-18-24(28)26-22-13-7-12-21(16-22)15-14-19-8-3-1-4-9-19/h1-13,16H,17-18H2,(H,25,27)(H,26,28). The van der Waals surface area contributed by atoms with E-state index < -0.39 is 0 Å². The summed E-state index contributed by atoms with van der Waals surface area (Å²) in [6.45, 7) is -0.0778. The first-order valence-electron chi connectivity index (χ1n) is 8.97. The minimum absolute atomic E-state index is 0.0778. The van der Waals surface area contributed by atoms with Gasteiger partial charge in [-0.1, -0.05) is 66.4 Å². The molecule has 0 radical (unpaired) electrons. The lowest BCUT2D eigenvalue weighted by molar-refractivity contribution is -0.123. The van der Waals surface area contributed by atoms with Gasteiger partial charge in [0.15, 0.2) is 0 Å². The lowest BCUT2D eigenvalue weighted by Gasteiger charge is -2.07. The number of hydrogen-bond acceptors (Lipinski definition) is 2. The van der Waals surface area contributed by atoms with Gasteiger partial charge >= 0.3 is 0 Å². The highest BCUT2D eigenvalue weighted by atomic mass is 16.2. The lowest BCUT2D eigenvalue weighted by Crippen LogP contribution is -2.33. The predicted molar refractivity (Wildman–Crippen MR) is 111 cm³/mol. The molecule has 2 N–H and O–H groups in total. The molecule has 4 heteroatoms. The summed E-state index contributed by atoms with van der Waals surface area (Å²) in [5.41, 5.74) is 3.28. The summed E-state index contributed by atoms with van der Waals surface area (Å²) < 4.78 is 0. The van der Waals surface area contributed by atoms with Gasteiger partial charge in [-0.2, -0.15) is 0 Å². The van der Waals surface area contributed by atoms with Gasteiger partial charge in [0.2, 0.25) is 11.8 Å². The maximum atomic E-state index is 12.1. The van der Waals surface area contributed by atoms with Gasteiger partial charge in [0, 0.05) is 16.8 Å². The molecule has 0 bridgehead atoms. The van der Waals surface area contributed by atoms with E-state index in [-0.39, 0.29) is 24.8 Å². The SMILES string of the molecule is O=C(Cc1ccccc1)NCC(=O)Nc1cccc(C#Cc2ccccc2)c1. The molecule has 28 heavy (non-hydrogen) atoms. The molecular formula is C24H20N2O2. The summed E-state index contributed by atoms with van der Waals surface area (Å²) in [5.74, 6) is 5.69. The summed E-state index contributed by atoms with van der Waals surface area (Å²) in [4.78, 5) is 24.0. The highest BCUT2D eigenvalue weighted by Crippen LogP contribution is 2.10. The summed E-state index contributed by atoms with van der Waals surface area (Å²) in [6, 6.07) is 26.4. The zero-order valence-corrected chi connectivity index (χ0v) is 15.3. The molecule has 0 unspecified atom stereocenters. The summed E-state index contributed by atoms with van der Waals surface area (Å²) in [5, 5.41) is 5.41. The molecule has 4 nitrogen and oxygen atoms in total. The smallest absolute Gasteiger partial charge is 0.243 e. The molecule has 0 saturated carbocycles. The van der Waals surface area contributed by atoms with E-state index in [2.05, 4.69) is 22.5 Å². The fourth-order valence-corrected chi connectivity index (χ4v) is 2.57. The van der Waals surface area contributed by atoms with Crippen LogP contribution >= 0.6 is 0 Å². The molecule has 0 fully saturated rings. The number of anilines is 1. The molecule has 0 aromatic heterocycles. The molecule has 3 aromatic rings. The van der Waals surface area contributed by atoms with Crippen LogP contribution in [0.3, 0.4) is 0 Å². The second kappa shape index (κ2) is 9.75. The van der Waals surface area contributed by atoms with E-state index in [0.717, 1.165) is 16.7 Å². The Bertz CT molecular complexity index is 1000. The molecule has 0 aliphatic carbocycles. The first kappa shape index (κ1) is 18.9. The van der Waals surface area contributed by atoms with Crippen LogP contribution < -0.4 is 10.6 Å². The quantitative estimate of drug-likeness (QED) is 0.679. The van der Waals surface area contributed by atoms with Crippen LogP contribution in [0.25, 0.3) is 0 Å². The van der Waals surface area contributed by atoms with Crippen molar-refractivity contribution in [3.05, 3.63) is 102 Å². The van der Waals surface area contributed by atoms with Crippen molar-refractivity contribution in [1.29, 1.82) is 0 Å². The van der Waals surface area contributed by atoms with E-state index in [1.54, 1.807) is 12.1 Å². The fourth-order valence-electron chi connectivity index (χ4n) is 2.57. The van der Waals surface area contributed by atoms with Crippen LogP contribution in [-0.2, 0) is 16.0 Å². The van der Waals surface area contributed by atoms with Gasteiger partial charge in [0.05, 0.1) is 13.0 Å². The minimum atomic E-state index is -0.283. The number of carbonyl (C=O) groups is 2. The molecule has 0 spiro atoms. The lowest BCUT2D eigenvalue weighted by atomic mass is 10.1. The summed E-state index contributed by atoms with van der Waals surface area (Å²) in [7, 11) is 0. The average Bonchev–Trinajstić information content (AvgIpc) is 2.73. The Morgan fingerprint density at radius 2 is 1.36 bits per heavy atom. The number of amides is 2. The van der Waals surface area contributed by atoms with Crippen LogP contribution in [-0.4, -0.2) is 18.4 Å². The van der Waals surface area contributed by atoms with Gasteiger partial charge in [0.1, 0.15) is 0 Å². The first-order valence-corrected chi connectivity index (χ1v) is 8.97. The Hall–Kier alpha value is -3.84. The predicted octanol–water partition coefficient (Wildman–Crippen LogP) is 3.38. The molecule has 138 valence electrons. The Morgan fingerprint density at radius 3 is 2.11 bits per heavy atom. The molecule has 2 amide bonds. The van der Waals surface area contributed by atoms with E-state index >= 15 is 0 Å². The van der Waals surface area contributed by atoms with Gasteiger partial charge in [0.25, 0.3) is 0 Å². The van der Waals surface area contributed by atoms with Crippen LogP contribution in [0.1, 0.15) is 16.7 Å². The number of hydrogen-bond donors (Lipinski definition) is 2. The monoisotopic (exact) mass is 368 g/mol. The maximum Gasteiger partial charge on any atom is 0.243 e.